The molecule has 0 saturated carbocycles. The average molecular weight is 346 g/mol. The molecule has 2 atom stereocenters. The van der Waals surface area contributed by atoms with Crippen LogP contribution in [0.1, 0.15) is 12.7 Å². The van der Waals surface area contributed by atoms with Crippen molar-refractivity contribution in [1.29, 1.82) is 0 Å². The van der Waals surface area contributed by atoms with E-state index in [1.165, 1.54) is 0 Å². The largest absolute Gasteiger partial charge is 0.452 e. The second-order valence-corrected chi connectivity index (χ2v) is 5.39. The highest BCUT2D eigenvalue weighted by Crippen LogP contribution is 2.31. The van der Waals surface area contributed by atoms with Crippen molar-refractivity contribution in [2.45, 2.75) is 25.2 Å². The molecular weight excluding hydrogens is 335 g/mol. The molecule has 2 unspecified atom stereocenters. The second-order valence-electron chi connectivity index (χ2n) is 4.01. The lowest BCUT2D eigenvalue weighted by Gasteiger charge is -2.37. The molecule has 0 N–H and O–H groups in total. The molecule has 1 aliphatic rings. The van der Waals surface area contributed by atoms with Crippen LogP contribution in [0.2, 0.25) is 0 Å². The average Bonchev–Trinajstić information content (AvgIpc) is 2.78. The third-order valence-corrected chi connectivity index (χ3v) is 4.07. The van der Waals surface area contributed by atoms with E-state index in [0.29, 0.717) is 23.6 Å². The Kier molecular flexibility index (Phi) is 4.12. The Bertz CT molecular complexity index is 414. The molecule has 102 valence electrons. The van der Waals surface area contributed by atoms with Gasteiger partial charge in [-0.2, -0.15) is 22.5 Å². The Labute approximate surface area is 114 Å². The van der Waals surface area contributed by atoms with Crippen LogP contribution in [0.3, 0.4) is 0 Å². The number of hydrogen-bond acceptors (Lipinski definition) is 5. The molecule has 9 heteroatoms. The van der Waals surface area contributed by atoms with Crippen molar-refractivity contribution >= 4 is 32.6 Å². The van der Waals surface area contributed by atoms with Crippen LogP contribution in [-0.2, 0) is 10.9 Å². The topological polar surface area (TPSA) is 38.2 Å². The number of anilines is 1. The Morgan fingerprint density at radius 1 is 1.56 bits per heavy atom. The fourth-order valence-corrected chi connectivity index (χ4v) is 2.82. The van der Waals surface area contributed by atoms with E-state index in [9.17, 15) is 13.2 Å². The Morgan fingerprint density at radius 2 is 2.28 bits per heavy atom. The molecule has 0 aromatic carbocycles. The number of ether oxygens (including phenoxy) is 1. The predicted octanol–water partition coefficient (Wildman–Crippen LogP) is 2.55. The fourth-order valence-electron chi connectivity index (χ4n) is 1.62. The molecule has 0 spiro atoms. The van der Waals surface area contributed by atoms with Crippen molar-refractivity contribution in [2.24, 2.45) is 0 Å². The minimum absolute atomic E-state index is 0.00525. The molecule has 0 amide bonds. The van der Waals surface area contributed by atoms with Crippen molar-refractivity contribution in [1.82, 2.24) is 9.36 Å². The number of rotatable bonds is 2. The molecule has 1 saturated heterocycles. The monoisotopic (exact) mass is 345 g/mol. The minimum atomic E-state index is -4.49. The predicted molar refractivity (Wildman–Crippen MR) is 65.3 cm³/mol. The zero-order chi connectivity index (χ0) is 13.3. The molecule has 18 heavy (non-hydrogen) atoms. The van der Waals surface area contributed by atoms with Crippen LogP contribution >= 0.6 is 27.5 Å². The molecule has 1 aliphatic heterocycles. The standard InChI is InChI=1S/C9H11BrF3N3OS/c1-5-4-17-6(2-10)3-16(5)8-14-7(15-18-8)9(11,12)13/h5-6H,2-4H2,1H3. The van der Waals surface area contributed by atoms with Gasteiger partial charge in [0, 0.05) is 23.4 Å². The number of aromatic nitrogens is 2. The summed E-state index contributed by atoms with van der Waals surface area (Å²) in [5, 5.41) is 0.935. The third kappa shape index (κ3) is 2.94. The van der Waals surface area contributed by atoms with Gasteiger partial charge in [0.2, 0.25) is 11.0 Å². The van der Waals surface area contributed by atoms with Crippen LogP contribution in [0, 0.1) is 0 Å². The molecule has 2 rings (SSSR count). The Balaban J connectivity index is 2.17. The summed E-state index contributed by atoms with van der Waals surface area (Å²) in [4.78, 5) is 5.37. The molecule has 0 bridgehead atoms. The van der Waals surface area contributed by atoms with E-state index in [-0.39, 0.29) is 12.1 Å². The highest BCUT2D eigenvalue weighted by Gasteiger charge is 2.37. The number of morpholine rings is 1. The highest BCUT2D eigenvalue weighted by atomic mass is 79.9. The summed E-state index contributed by atoms with van der Waals surface area (Å²) in [6.45, 7) is 2.87. The molecule has 0 aliphatic carbocycles. The molecule has 1 fully saturated rings. The molecule has 4 nitrogen and oxygen atoms in total. The van der Waals surface area contributed by atoms with Crippen LogP contribution in [-0.4, -0.2) is 40.0 Å². The summed E-state index contributed by atoms with van der Waals surface area (Å²) in [5.41, 5.74) is 0. The van der Waals surface area contributed by atoms with Gasteiger partial charge in [0.15, 0.2) is 0 Å². The molecular formula is C9H11BrF3N3OS. The summed E-state index contributed by atoms with van der Waals surface area (Å²) in [5.74, 6) is -1.07. The van der Waals surface area contributed by atoms with Crippen molar-refractivity contribution in [3.05, 3.63) is 5.82 Å². The molecule has 1 aromatic heterocycles. The lowest BCUT2D eigenvalue weighted by molar-refractivity contribution is -0.144. The van der Waals surface area contributed by atoms with Crippen molar-refractivity contribution in [3.8, 4) is 0 Å². The lowest BCUT2D eigenvalue weighted by atomic mass is 10.2. The molecule has 1 aromatic rings. The second kappa shape index (κ2) is 5.30. The maximum atomic E-state index is 12.4. The van der Waals surface area contributed by atoms with Crippen LogP contribution in [0.4, 0.5) is 18.3 Å². The summed E-state index contributed by atoms with van der Waals surface area (Å²) in [6.07, 6.45) is -4.53. The highest BCUT2D eigenvalue weighted by molar-refractivity contribution is 9.09. The first-order chi connectivity index (χ1) is 8.41. The maximum absolute atomic E-state index is 12.4. The Hall–Kier alpha value is -0.410. The van der Waals surface area contributed by atoms with E-state index >= 15 is 0 Å². The van der Waals surface area contributed by atoms with Crippen molar-refractivity contribution in [2.75, 3.05) is 23.4 Å². The summed E-state index contributed by atoms with van der Waals surface area (Å²) >= 11 is 4.08. The van der Waals surface area contributed by atoms with Gasteiger partial charge >= 0.3 is 6.18 Å². The molecule has 2 heterocycles. The van der Waals surface area contributed by atoms with Gasteiger partial charge in [-0.15, -0.1) is 0 Å². The maximum Gasteiger partial charge on any atom is 0.452 e. The van der Waals surface area contributed by atoms with Crippen LogP contribution in [0.25, 0.3) is 0 Å². The normalized spacial score (nSPS) is 25.5. The SMILES string of the molecule is CC1COC(CBr)CN1c1nc(C(F)(F)F)ns1. The van der Waals surface area contributed by atoms with Gasteiger partial charge in [-0.25, -0.2) is 0 Å². The van der Waals surface area contributed by atoms with Gasteiger partial charge in [0.25, 0.3) is 0 Å². The molecule has 0 radical (unpaired) electrons. The van der Waals surface area contributed by atoms with E-state index in [1.807, 2.05) is 11.8 Å². The van der Waals surface area contributed by atoms with Crippen LogP contribution in [0.5, 0.6) is 0 Å². The number of alkyl halides is 4. The minimum Gasteiger partial charge on any atom is -0.373 e. The van der Waals surface area contributed by atoms with Crippen LogP contribution < -0.4 is 4.90 Å². The lowest BCUT2D eigenvalue weighted by Crippen LogP contribution is -2.49. The van der Waals surface area contributed by atoms with Gasteiger partial charge in [-0.05, 0) is 6.92 Å². The summed E-state index contributed by atoms with van der Waals surface area (Å²) in [6, 6.07) is -0.00525. The number of halogens is 4. The summed E-state index contributed by atoms with van der Waals surface area (Å²) in [7, 11) is 0. The third-order valence-electron chi connectivity index (χ3n) is 2.59. The van der Waals surface area contributed by atoms with Crippen LogP contribution in [0.15, 0.2) is 0 Å². The first-order valence-electron chi connectivity index (χ1n) is 5.27. The van der Waals surface area contributed by atoms with Gasteiger partial charge in [0.05, 0.1) is 18.8 Å². The number of hydrogen-bond donors (Lipinski definition) is 0. The quantitative estimate of drug-likeness (QED) is 0.772. The fraction of sp³-hybridized carbons (Fsp3) is 0.778. The van der Waals surface area contributed by atoms with Gasteiger partial charge in [-0.3, -0.25) is 0 Å². The smallest absolute Gasteiger partial charge is 0.373 e. The van der Waals surface area contributed by atoms with Gasteiger partial charge < -0.3 is 9.64 Å². The van der Waals surface area contributed by atoms with Crippen molar-refractivity contribution < 1.29 is 17.9 Å². The Morgan fingerprint density at radius 3 is 2.83 bits per heavy atom. The first-order valence-corrected chi connectivity index (χ1v) is 7.16. The van der Waals surface area contributed by atoms with E-state index in [4.69, 9.17) is 4.74 Å². The zero-order valence-electron chi connectivity index (χ0n) is 9.45. The van der Waals surface area contributed by atoms with E-state index < -0.39 is 12.0 Å². The van der Waals surface area contributed by atoms with Gasteiger partial charge in [0.1, 0.15) is 0 Å². The van der Waals surface area contributed by atoms with E-state index in [1.54, 1.807) is 0 Å². The van der Waals surface area contributed by atoms with Gasteiger partial charge in [-0.1, -0.05) is 15.9 Å². The summed E-state index contributed by atoms with van der Waals surface area (Å²) < 4.78 is 46.2. The first kappa shape index (κ1) is 14.0. The zero-order valence-corrected chi connectivity index (χ0v) is 11.8. The van der Waals surface area contributed by atoms with E-state index in [0.717, 1.165) is 11.5 Å². The van der Waals surface area contributed by atoms with Crippen molar-refractivity contribution in [3.63, 3.8) is 0 Å². The number of nitrogens with zero attached hydrogens (tertiary/aromatic N) is 3. The van der Waals surface area contributed by atoms with E-state index in [2.05, 4.69) is 25.3 Å².